The molecule has 126 valence electrons. The molecule has 0 aromatic heterocycles. The maximum Gasteiger partial charge on any atom is 0.253 e. The summed E-state index contributed by atoms with van der Waals surface area (Å²) in [6.07, 6.45) is 3.10. The van der Waals surface area contributed by atoms with Crippen molar-refractivity contribution < 1.29 is 9.53 Å². The van der Waals surface area contributed by atoms with Crippen LogP contribution in [0.1, 0.15) is 29.6 Å². The molecule has 4 heteroatoms. The number of benzene rings is 2. The minimum absolute atomic E-state index is 0.0801. The zero-order chi connectivity index (χ0) is 16.8. The highest BCUT2D eigenvalue weighted by molar-refractivity contribution is 6.30. The summed E-state index contributed by atoms with van der Waals surface area (Å²) < 4.78 is 5.77. The van der Waals surface area contributed by atoms with Crippen molar-refractivity contribution in [2.24, 2.45) is 5.92 Å². The summed E-state index contributed by atoms with van der Waals surface area (Å²) in [4.78, 5) is 14.4. The Morgan fingerprint density at radius 1 is 1.08 bits per heavy atom. The summed E-state index contributed by atoms with van der Waals surface area (Å²) in [5.74, 6) is 1.62. The molecule has 0 radical (unpaired) electrons. The number of ether oxygens (including phenoxy) is 1. The molecule has 0 bridgehead atoms. The lowest BCUT2D eigenvalue weighted by molar-refractivity contribution is 0.0680. The average Bonchev–Trinajstić information content (AvgIpc) is 2.63. The highest BCUT2D eigenvalue weighted by atomic mass is 35.5. The third-order valence-corrected chi connectivity index (χ3v) is 4.75. The molecule has 1 aliphatic rings. The molecule has 24 heavy (non-hydrogen) atoms. The van der Waals surface area contributed by atoms with Crippen molar-refractivity contribution in [1.82, 2.24) is 4.90 Å². The van der Waals surface area contributed by atoms with Gasteiger partial charge in [0.1, 0.15) is 5.75 Å². The number of piperidine rings is 1. The molecule has 1 heterocycles. The number of carbonyl (C=O) groups excluding carboxylic acids is 1. The summed E-state index contributed by atoms with van der Waals surface area (Å²) in [5, 5.41) is 0.605. The Kier molecular flexibility index (Phi) is 5.76. The number of hydrogen-bond acceptors (Lipinski definition) is 2. The van der Waals surface area contributed by atoms with E-state index in [1.807, 2.05) is 47.4 Å². The monoisotopic (exact) mass is 343 g/mol. The van der Waals surface area contributed by atoms with Crippen LogP contribution in [0.4, 0.5) is 0 Å². The molecule has 0 aliphatic carbocycles. The van der Waals surface area contributed by atoms with Gasteiger partial charge < -0.3 is 9.64 Å². The van der Waals surface area contributed by atoms with Gasteiger partial charge in [0, 0.05) is 23.7 Å². The van der Waals surface area contributed by atoms with Crippen molar-refractivity contribution in [3.63, 3.8) is 0 Å². The van der Waals surface area contributed by atoms with Gasteiger partial charge in [-0.15, -0.1) is 0 Å². The van der Waals surface area contributed by atoms with Gasteiger partial charge in [-0.25, -0.2) is 0 Å². The molecule has 0 spiro atoms. The van der Waals surface area contributed by atoms with Gasteiger partial charge in [0.05, 0.1) is 6.61 Å². The maximum absolute atomic E-state index is 12.5. The van der Waals surface area contributed by atoms with Gasteiger partial charge in [-0.1, -0.05) is 35.9 Å². The van der Waals surface area contributed by atoms with Crippen LogP contribution in [0.15, 0.2) is 54.6 Å². The first-order valence-corrected chi connectivity index (χ1v) is 8.83. The van der Waals surface area contributed by atoms with E-state index in [9.17, 15) is 4.79 Å². The standard InChI is InChI=1S/C20H22ClNO2/c21-18-6-4-5-17(15-18)20(23)22-12-9-16(10-13-22)11-14-24-19-7-2-1-3-8-19/h1-8,15-16H,9-14H2. The lowest BCUT2D eigenvalue weighted by Gasteiger charge is -2.32. The van der Waals surface area contributed by atoms with E-state index in [4.69, 9.17) is 16.3 Å². The number of amides is 1. The number of likely N-dealkylation sites (tertiary alicyclic amines) is 1. The fourth-order valence-corrected chi connectivity index (χ4v) is 3.28. The zero-order valence-electron chi connectivity index (χ0n) is 13.7. The Bertz CT molecular complexity index is 666. The van der Waals surface area contributed by atoms with Crippen LogP contribution in [-0.4, -0.2) is 30.5 Å². The molecule has 1 amide bonds. The first-order chi connectivity index (χ1) is 11.7. The Morgan fingerprint density at radius 3 is 2.54 bits per heavy atom. The van der Waals surface area contributed by atoms with Crippen molar-refractivity contribution in [2.45, 2.75) is 19.3 Å². The van der Waals surface area contributed by atoms with E-state index in [2.05, 4.69) is 0 Å². The van der Waals surface area contributed by atoms with Crippen molar-refractivity contribution >= 4 is 17.5 Å². The van der Waals surface area contributed by atoms with E-state index in [1.54, 1.807) is 12.1 Å². The zero-order valence-corrected chi connectivity index (χ0v) is 14.4. The van der Waals surface area contributed by atoms with E-state index in [0.29, 0.717) is 16.5 Å². The highest BCUT2D eigenvalue weighted by Crippen LogP contribution is 2.23. The van der Waals surface area contributed by atoms with Gasteiger partial charge in [0.15, 0.2) is 0 Å². The fourth-order valence-electron chi connectivity index (χ4n) is 3.09. The molecule has 3 nitrogen and oxygen atoms in total. The summed E-state index contributed by atoms with van der Waals surface area (Å²) in [6, 6.07) is 17.1. The van der Waals surface area contributed by atoms with E-state index >= 15 is 0 Å². The molecule has 0 unspecified atom stereocenters. The van der Waals surface area contributed by atoms with Crippen LogP contribution in [0.2, 0.25) is 5.02 Å². The van der Waals surface area contributed by atoms with Gasteiger partial charge in [0.25, 0.3) is 5.91 Å². The lowest BCUT2D eigenvalue weighted by Crippen LogP contribution is -2.38. The van der Waals surface area contributed by atoms with Crippen LogP contribution in [0, 0.1) is 5.92 Å². The van der Waals surface area contributed by atoms with Crippen LogP contribution in [0.3, 0.4) is 0 Å². The largest absolute Gasteiger partial charge is 0.494 e. The van der Waals surface area contributed by atoms with Gasteiger partial charge in [-0.2, -0.15) is 0 Å². The number of para-hydroxylation sites is 1. The third-order valence-electron chi connectivity index (χ3n) is 4.51. The molecule has 1 fully saturated rings. The number of rotatable bonds is 5. The molecular weight excluding hydrogens is 322 g/mol. The van der Waals surface area contributed by atoms with E-state index in [0.717, 1.165) is 44.7 Å². The van der Waals surface area contributed by atoms with Crippen molar-refractivity contribution in [1.29, 1.82) is 0 Å². The van der Waals surface area contributed by atoms with Gasteiger partial charge >= 0.3 is 0 Å². The van der Waals surface area contributed by atoms with Crippen molar-refractivity contribution in [3.8, 4) is 5.75 Å². The van der Waals surface area contributed by atoms with Crippen LogP contribution in [-0.2, 0) is 0 Å². The molecule has 0 saturated carbocycles. The smallest absolute Gasteiger partial charge is 0.253 e. The van der Waals surface area contributed by atoms with Crippen LogP contribution >= 0.6 is 11.6 Å². The summed E-state index contributed by atoms with van der Waals surface area (Å²) in [5.41, 5.74) is 0.674. The SMILES string of the molecule is O=C(c1cccc(Cl)c1)N1CCC(CCOc2ccccc2)CC1. The van der Waals surface area contributed by atoms with Gasteiger partial charge in [-0.05, 0) is 55.5 Å². The predicted octanol–water partition coefficient (Wildman–Crippen LogP) is 4.66. The molecule has 0 atom stereocenters. The summed E-state index contributed by atoms with van der Waals surface area (Å²) in [6.45, 7) is 2.35. The van der Waals surface area contributed by atoms with Gasteiger partial charge in [0.2, 0.25) is 0 Å². The Hall–Kier alpha value is -2.00. The third kappa shape index (κ3) is 4.51. The second-order valence-electron chi connectivity index (χ2n) is 6.20. The topological polar surface area (TPSA) is 29.5 Å². The number of nitrogens with zero attached hydrogens (tertiary/aromatic N) is 1. The summed E-state index contributed by atoms with van der Waals surface area (Å²) in [7, 11) is 0. The number of halogens is 1. The minimum Gasteiger partial charge on any atom is -0.494 e. The van der Waals surface area contributed by atoms with E-state index < -0.39 is 0 Å². The molecule has 2 aromatic rings. The second kappa shape index (κ2) is 8.20. The Balaban J connectivity index is 1.43. The molecule has 1 aliphatic heterocycles. The molecule has 3 rings (SSSR count). The minimum atomic E-state index is 0.0801. The van der Waals surface area contributed by atoms with E-state index in [1.165, 1.54) is 0 Å². The predicted molar refractivity (Wildman–Crippen MR) is 96.6 cm³/mol. The maximum atomic E-state index is 12.5. The summed E-state index contributed by atoms with van der Waals surface area (Å²) >= 11 is 5.97. The van der Waals surface area contributed by atoms with Crippen LogP contribution in [0.5, 0.6) is 5.75 Å². The molecular formula is C20H22ClNO2. The van der Waals surface area contributed by atoms with Crippen molar-refractivity contribution in [3.05, 3.63) is 65.2 Å². The molecule has 1 saturated heterocycles. The van der Waals surface area contributed by atoms with Crippen LogP contribution in [0.25, 0.3) is 0 Å². The van der Waals surface area contributed by atoms with E-state index in [-0.39, 0.29) is 5.91 Å². The lowest BCUT2D eigenvalue weighted by atomic mass is 9.93. The molecule has 0 N–H and O–H groups in total. The number of hydrogen-bond donors (Lipinski definition) is 0. The van der Waals surface area contributed by atoms with Gasteiger partial charge in [-0.3, -0.25) is 4.79 Å². The molecule has 2 aromatic carbocycles. The Labute approximate surface area is 148 Å². The highest BCUT2D eigenvalue weighted by Gasteiger charge is 2.23. The first-order valence-electron chi connectivity index (χ1n) is 8.45. The number of carbonyl (C=O) groups is 1. The first kappa shape index (κ1) is 16.8. The quantitative estimate of drug-likeness (QED) is 0.790. The van der Waals surface area contributed by atoms with Crippen molar-refractivity contribution in [2.75, 3.05) is 19.7 Å². The average molecular weight is 344 g/mol. The normalized spacial score (nSPS) is 15.3. The van der Waals surface area contributed by atoms with Crippen LogP contribution < -0.4 is 4.74 Å². The fraction of sp³-hybridized carbons (Fsp3) is 0.350. The Morgan fingerprint density at radius 2 is 1.83 bits per heavy atom. The second-order valence-corrected chi connectivity index (χ2v) is 6.63.